The van der Waals surface area contributed by atoms with E-state index in [1.165, 1.54) is 19.9 Å². The average molecular weight is 271 g/mol. The van der Waals surface area contributed by atoms with E-state index < -0.39 is 28.9 Å². The third-order valence-electron chi connectivity index (χ3n) is 2.67. The van der Waals surface area contributed by atoms with E-state index in [0.29, 0.717) is 6.07 Å². The summed E-state index contributed by atoms with van der Waals surface area (Å²) in [6.45, 7) is 2.87. The van der Waals surface area contributed by atoms with Gasteiger partial charge in [-0.2, -0.15) is 0 Å². The topological polar surface area (TPSA) is 66.4 Å². The van der Waals surface area contributed by atoms with Gasteiger partial charge in [-0.15, -0.1) is 0 Å². The Kier molecular flexibility index (Phi) is 4.58. The summed E-state index contributed by atoms with van der Waals surface area (Å²) in [5.74, 6) is -3.07. The minimum Gasteiger partial charge on any atom is -0.481 e. The lowest BCUT2D eigenvalue weighted by Gasteiger charge is -2.19. The molecule has 0 saturated heterocycles. The Morgan fingerprint density at radius 1 is 1.32 bits per heavy atom. The zero-order valence-corrected chi connectivity index (χ0v) is 10.7. The van der Waals surface area contributed by atoms with Crippen molar-refractivity contribution in [2.45, 2.75) is 20.3 Å². The van der Waals surface area contributed by atoms with Gasteiger partial charge in [-0.3, -0.25) is 9.59 Å². The normalized spacial score (nSPS) is 11.2. The molecule has 0 heterocycles. The zero-order chi connectivity index (χ0) is 14.6. The lowest BCUT2D eigenvalue weighted by Crippen LogP contribution is -2.39. The van der Waals surface area contributed by atoms with Crippen LogP contribution >= 0.6 is 0 Å². The lowest BCUT2D eigenvalue weighted by molar-refractivity contribution is -0.146. The molecule has 6 heteroatoms. The van der Waals surface area contributed by atoms with Gasteiger partial charge in [0.05, 0.1) is 11.8 Å². The highest BCUT2D eigenvalue weighted by Gasteiger charge is 2.27. The highest BCUT2D eigenvalue weighted by molar-refractivity contribution is 5.80. The Morgan fingerprint density at radius 2 is 1.95 bits per heavy atom. The number of carboxylic acids is 1. The molecule has 0 aliphatic carbocycles. The molecule has 1 aromatic carbocycles. The Morgan fingerprint density at radius 3 is 2.47 bits per heavy atom. The van der Waals surface area contributed by atoms with Gasteiger partial charge in [-0.05, 0) is 25.5 Å². The first kappa shape index (κ1) is 15.1. The van der Waals surface area contributed by atoms with Gasteiger partial charge in [-0.25, -0.2) is 8.78 Å². The van der Waals surface area contributed by atoms with E-state index in [2.05, 4.69) is 5.32 Å². The van der Waals surface area contributed by atoms with Crippen LogP contribution in [0, 0.1) is 17.0 Å². The van der Waals surface area contributed by atoms with E-state index in [1.54, 1.807) is 0 Å². The fourth-order valence-corrected chi connectivity index (χ4v) is 1.30. The number of aliphatic carboxylic acids is 1. The van der Waals surface area contributed by atoms with E-state index in [0.717, 1.165) is 6.07 Å². The maximum absolute atomic E-state index is 13.3. The predicted octanol–water partition coefficient (Wildman–Crippen LogP) is 1.73. The zero-order valence-electron chi connectivity index (χ0n) is 10.7. The molecule has 0 fully saturated rings. The molecular formula is C13H15F2NO3. The molecule has 0 atom stereocenters. The minimum absolute atomic E-state index is 0.0621. The van der Waals surface area contributed by atoms with Crippen LogP contribution in [0.25, 0.3) is 0 Å². The summed E-state index contributed by atoms with van der Waals surface area (Å²) in [6, 6.07) is 2.95. The van der Waals surface area contributed by atoms with E-state index >= 15 is 0 Å². The van der Waals surface area contributed by atoms with E-state index in [4.69, 9.17) is 5.11 Å². The highest BCUT2D eigenvalue weighted by atomic mass is 19.1. The number of hydrogen-bond acceptors (Lipinski definition) is 2. The summed E-state index contributed by atoms with van der Waals surface area (Å²) in [7, 11) is 0. The SMILES string of the molecule is CC(C)(CNC(=O)Cc1ccc(F)cc1F)C(=O)O. The Balaban J connectivity index is 2.59. The molecule has 0 unspecified atom stereocenters. The number of carboxylic acid groups (broad SMARTS) is 1. The molecule has 0 spiro atoms. The summed E-state index contributed by atoms with van der Waals surface area (Å²) in [5.41, 5.74) is -1.04. The van der Waals surface area contributed by atoms with Crippen molar-refractivity contribution < 1.29 is 23.5 Å². The second-order valence-electron chi connectivity index (χ2n) is 4.88. The minimum atomic E-state index is -1.10. The lowest BCUT2D eigenvalue weighted by atomic mass is 9.94. The van der Waals surface area contributed by atoms with Gasteiger partial charge >= 0.3 is 5.97 Å². The fraction of sp³-hybridized carbons (Fsp3) is 0.385. The predicted molar refractivity (Wildman–Crippen MR) is 64.5 cm³/mol. The van der Waals surface area contributed by atoms with Gasteiger partial charge in [-0.1, -0.05) is 6.07 Å². The molecule has 0 radical (unpaired) electrons. The van der Waals surface area contributed by atoms with E-state index in [-0.39, 0.29) is 18.5 Å². The van der Waals surface area contributed by atoms with Gasteiger partial charge in [0, 0.05) is 12.6 Å². The Hall–Kier alpha value is -1.98. The number of carbonyl (C=O) groups excluding carboxylic acids is 1. The number of halogens is 2. The molecule has 0 aromatic heterocycles. The van der Waals surface area contributed by atoms with Gasteiger partial charge in [0.2, 0.25) is 5.91 Å². The molecular weight excluding hydrogens is 256 g/mol. The van der Waals surface area contributed by atoms with Crippen LogP contribution < -0.4 is 5.32 Å². The Bertz CT molecular complexity index is 501. The quantitative estimate of drug-likeness (QED) is 0.857. The van der Waals surface area contributed by atoms with Crippen LogP contribution in [-0.2, 0) is 16.0 Å². The van der Waals surface area contributed by atoms with Crippen LogP contribution in [0.1, 0.15) is 19.4 Å². The van der Waals surface area contributed by atoms with Gasteiger partial charge in [0.25, 0.3) is 0 Å². The van der Waals surface area contributed by atoms with Crippen LogP contribution in [0.3, 0.4) is 0 Å². The smallest absolute Gasteiger partial charge is 0.310 e. The fourth-order valence-electron chi connectivity index (χ4n) is 1.30. The largest absolute Gasteiger partial charge is 0.481 e. The molecule has 1 aromatic rings. The summed E-state index contributed by atoms with van der Waals surface area (Å²) in [4.78, 5) is 22.4. The number of nitrogens with one attached hydrogen (secondary N) is 1. The number of hydrogen-bond donors (Lipinski definition) is 2. The summed E-state index contributed by atoms with van der Waals surface area (Å²) < 4.78 is 26.0. The van der Waals surface area contributed by atoms with Crippen LogP contribution in [0.2, 0.25) is 0 Å². The van der Waals surface area contributed by atoms with Crippen LogP contribution in [0.15, 0.2) is 18.2 Å². The molecule has 0 saturated carbocycles. The van der Waals surface area contributed by atoms with E-state index in [1.807, 2.05) is 0 Å². The van der Waals surface area contributed by atoms with Crippen molar-refractivity contribution in [2.75, 3.05) is 6.54 Å². The standard InChI is InChI=1S/C13H15F2NO3/c1-13(2,12(18)19)7-16-11(17)5-8-3-4-9(14)6-10(8)15/h3-4,6H,5,7H2,1-2H3,(H,16,17)(H,18,19). The number of rotatable bonds is 5. The molecule has 4 nitrogen and oxygen atoms in total. The molecule has 0 bridgehead atoms. The second kappa shape index (κ2) is 5.77. The third kappa shape index (κ3) is 4.31. The van der Waals surface area contributed by atoms with Crippen molar-refractivity contribution in [2.24, 2.45) is 5.41 Å². The van der Waals surface area contributed by atoms with Crippen molar-refractivity contribution in [1.29, 1.82) is 0 Å². The Labute approximate surface area is 109 Å². The summed E-state index contributed by atoms with van der Waals surface area (Å²) >= 11 is 0. The van der Waals surface area contributed by atoms with Gasteiger partial charge in [0.1, 0.15) is 11.6 Å². The highest BCUT2D eigenvalue weighted by Crippen LogP contribution is 2.14. The maximum Gasteiger partial charge on any atom is 0.310 e. The summed E-state index contributed by atoms with van der Waals surface area (Å²) in [5, 5.41) is 11.3. The van der Waals surface area contributed by atoms with Crippen molar-refractivity contribution >= 4 is 11.9 Å². The van der Waals surface area contributed by atoms with Crippen LogP contribution in [0.4, 0.5) is 8.78 Å². The second-order valence-corrected chi connectivity index (χ2v) is 4.88. The van der Waals surface area contributed by atoms with Crippen molar-refractivity contribution in [3.8, 4) is 0 Å². The molecule has 104 valence electrons. The molecule has 0 aliphatic rings. The van der Waals surface area contributed by atoms with Gasteiger partial charge in [0.15, 0.2) is 0 Å². The van der Waals surface area contributed by atoms with Crippen molar-refractivity contribution in [3.63, 3.8) is 0 Å². The van der Waals surface area contributed by atoms with Crippen LogP contribution in [0.5, 0.6) is 0 Å². The summed E-state index contributed by atoms with van der Waals surface area (Å²) in [6.07, 6.45) is -0.262. The van der Waals surface area contributed by atoms with Crippen molar-refractivity contribution in [3.05, 3.63) is 35.4 Å². The number of benzene rings is 1. The number of amides is 1. The van der Waals surface area contributed by atoms with Crippen LogP contribution in [-0.4, -0.2) is 23.5 Å². The third-order valence-corrected chi connectivity index (χ3v) is 2.67. The first-order valence-corrected chi connectivity index (χ1v) is 5.66. The molecule has 1 rings (SSSR count). The molecule has 19 heavy (non-hydrogen) atoms. The first-order chi connectivity index (χ1) is 8.72. The first-order valence-electron chi connectivity index (χ1n) is 5.66. The maximum atomic E-state index is 13.3. The van der Waals surface area contributed by atoms with Gasteiger partial charge < -0.3 is 10.4 Å². The molecule has 1 amide bonds. The van der Waals surface area contributed by atoms with Crippen molar-refractivity contribution in [1.82, 2.24) is 5.32 Å². The number of carbonyl (C=O) groups is 2. The average Bonchev–Trinajstić information content (AvgIpc) is 2.30. The molecule has 2 N–H and O–H groups in total. The van der Waals surface area contributed by atoms with E-state index in [9.17, 15) is 18.4 Å². The molecule has 0 aliphatic heterocycles. The monoisotopic (exact) mass is 271 g/mol.